The van der Waals surface area contributed by atoms with E-state index in [9.17, 15) is 14.0 Å². The number of thiocarbonyl (C=S) groups is 1. The van der Waals surface area contributed by atoms with Gasteiger partial charge in [0.2, 0.25) is 0 Å². The summed E-state index contributed by atoms with van der Waals surface area (Å²) in [6, 6.07) is 17.8. The van der Waals surface area contributed by atoms with E-state index in [1.807, 2.05) is 0 Å². The quantitative estimate of drug-likeness (QED) is 0.508. The number of fused-ring (bicyclic) bond motifs is 2. The van der Waals surface area contributed by atoms with Crippen molar-refractivity contribution in [3.8, 4) is 0 Å². The first-order chi connectivity index (χ1) is 13.1. The SMILES string of the molecule is O=C1c2ccccc2C(=O)c2c(NC(=S)Nc3ccccc3F)cccc21. The molecule has 0 aliphatic heterocycles. The number of carbonyl (C=O) groups is 2. The molecule has 0 amide bonds. The van der Waals surface area contributed by atoms with E-state index in [1.165, 1.54) is 6.07 Å². The van der Waals surface area contributed by atoms with Gasteiger partial charge in [-0.25, -0.2) is 4.39 Å². The van der Waals surface area contributed by atoms with Gasteiger partial charge in [-0.2, -0.15) is 0 Å². The molecule has 0 unspecified atom stereocenters. The summed E-state index contributed by atoms with van der Waals surface area (Å²) in [5, 5.41) is 5.79. The zero-order valence-electron chi connectivity index (χ0n) is 14.0. The van der Waals surface area contributed by atoms with Gasteiger partial charge in [-0.15, -0.1) is 0 Å². The van der Waals surface area contributed by atoms with Gasteiger partial charge in [0.15, 0.2) is 16.7 Å². The largest absolute Gasteiger partial charge is 0.332 e. The van der Waals surface area contributed by atoms with Crippen LogP contribution >= 0.6 is 12.2 Å². The Labute approximate surface area is 160 Å². The Kier molecular flexibility index (Phi) is 4.25. The maximum Gasteiger partial charge on any atom is 0.196 e. The Morgan fingerprint density at radius 3 is 2.00 bits per heavy atom. The predicted molar refractivity (Wildman–Crippen MR) is 106 cm³/mol. The van der Waals surface area contributed by atoms with Crippen LogP contribution in [0.1, 0.15) is 31.8 Å². The molecular weight excluding hydrogens is 363 g/mol. The van der Waals surface area contributed by atoms with Gasteiger partial charge in [-0.05, 0) is 30.4 Å². The minimum absolute atomic E-state index is 0.118. The Morgan fingerprint density at radius 2 is 1.26 bits per heavy atom. The van der Waals surface area contributed by atoms with Crippen LogP contribution in [0.25, 0.3) is 0 Å². The maximum absolute atomic E-state index is 13.8. The number of ketones is 2. The fourth-order valence-electron chi connectivity index (χ4n) is 3.09. The number of rotatable bonds is 2. The van der Waals surface area contributed by atoms with Crippen molar-refractivity contribution in [2.24, 2.45) is 0 Å². The highest BCUT2D eigenvalue weighted by atomic mass is 32.1. The number of hydrogen-bond acceptors (Lipinski definition) is 3. The number of para-hydroxylation sites is 1. The number of hydrogen-bond donors (Lipinski definition) is 2. The first-order valence-electron chi connectivity index (χ1n) is 8.20. The van der Waals surface area contributed by atoms with Crippen molar-refractivity contribution < 1.29 is 14.0 Å². The smallest absolute Gasteiger partial charge is 0.196 e. The van der Waals surface area contributed by atoms with Gasteiger partial charge in [0.05, 0.1) is 16.9 Å². The minimum Gasteiger partial charge on any atom is -0.332 e. The molecule has 3 aromatic carbocycles. The Balaban J connectivity index is 1.68. The van der Waals surface area contributed by atoms with Gasteiger partial charge in [0.1, 0.15) is 5.82 Å². The third-order valence-electron chi connectivity index (χ3n) is 4.32. The summed E-state index contributed by atoms with van der Waals surface area (Å²) in [4.78, 5) is 25.7. The van der Waals surface area contributed by atoms with Crippen molar-refractivity contribution in [2.75, 3.05) is 10.6 Å². The zero-order valence-corrected chi connectivity index (χ0v) is 14.8. The molecule has 0 radical (unpaired) electrons. The molecule has 1 aliphatic rings. The molecule has 27 heavy (non-hydrogen) atoms. The van der Waals surface area contributed by atoms with E-state index in [2.05, 4.69) is 10.6 Å². The average Bonchev–Trinajstić information content (AvgIpc) is 2.68. The molecular formula is C21H13FN2O2S. The van der Waals surface area contributed by atoms with Crippen LogP contribution in [-0.4, -0.2) is 16.7 Å². The van der Waals surface area contributed by atoms with Crippen molar-refractivity contribution in [3.05, 3.63) is 94.8 Å². The molecule has 3 aromatic rings. The summed E-state index contributed by atoms with van der Waals surface area (Å²) in [6.07, 6.45) is 0. The number of halogens is 1. The molecule has 132 valence electrons. The lowest BCUT2D eigenvalue weighted by Crippen LogP contribution is -2.25. The van der Waals surface area contributed by atoms with Crippen molar-refractivity contribution in [1.29, 1.82) is 0 Å². The third-order valence-corrected chi connectivity index (χ3v) is 4.53. The van der Waals surface area contributed by atoms with Gasteiger partial charge < -0.3 is 10.6 Å². The summed E-state index contributed by atoms with van der Waals surface area (Å²) >= 11 is 5.24. The van der Waals surface area contributed by atoms with Crippen molar-refractivity contribution in [2.45, 2.75) is 0 Å². The lowest BCUT2D eigenvalue weighted by molar-refractivity contribution is 0.0979. The van der Waals surface area contributed by atoms with Crippen LogP contribution < -0.4 is 10.6 Å². The van der Waals surface area contributed by atoms with Crippen molar-refractivity contribution >= 4 is 40.3 Å². The molecule has 0 saturated carbocycles. The molecule has 6 heteroatoms. The summed E-state index contributed by atoms with van der Waals surface area (Å²) in [6.45, 7) is 0. The molecule has 4 nitrogen and oxygen atoms in total. The van der Waals surface area contributed by atoms with E-state index in [1.54, 1.807) is 60.7 Å². The van der Waals surface area contributed by atoms with Crippen LogP contribution in [0.2, 0.25) is 0 Å². The van der Waals surface area contributed by atoms with E-state index >= 15 is 0 Å². The van der Waals surface area contributed by atoms with Crippen LogP contribution in [0, 0.1) is 5.82 Å². The molecule has 0 atom stereocenters. The van der Waals surface area contributed by atoms with Crippen LogP contribution in [0.3, 0.4) is 0 Å². The molecule has 0 fully saturated rings. The van der Waals surface area contributed by atoms with Crippen molar-refractivity contribution in [1.82, 2.24) is 0 Å². The first kappa shape index (κ1) is 17.1. The average molecular weight is 376 g/mol. The van der Waals surface area contributed by atoms with E-state index in [4.69, 9.17) is 12.2 Å². The summed E-state index contributed by atoms with van der Waals surface area (Å²) < 4.78 is 13.8. The second-order valence-electron chi connectivity index (χ2n) is 5.99. The Morgan fingerprint density at radius 1 is 0.704 bits per heavy atom. The molecule has 2 N–H and O–H groups in total. The second kappa shape index (κ2) is 6.74. The van der Waals surface area contributed by atoms with Gasteiger partial charge in [-0.3, -0.25) is 9.59 Å². The van der Waals surface area contributed by atoms with Crippen LogP contribution in [0.15, 0.2) is 66.7 Å². The Bertz CT molecular complexity index is 1110. The summed E-state index contributed by atoms with van der Waals surface area (Å²) in [5.74, 6) is -0.911. The fraction of sp³-hybridized carbons (Fsp3) is 0. The van der Waals surface area contributed by atoms with Crippen LogP contribution in [0.4, 0.5) is 15.8 Å². The highest BCUT2D eigenvalue weighted by Gasteiger charge is 2.31. The molecule has 0 spiro atoms. The predicted octanol–water partition coefficient (Wildman–Crippen LogP) is 4.41. The zero-order chi connectivity index (χ0) is 19.0. The number of carbonyl (C=O) groups excluding carboxylic acids is 2. The highest BCUT2D eigenvalue weighted by Crippen LogP contribution is 2.32. The molecule has 0 saturated heterocycles. The fourth-order valence-corrected chi connectivity index (χ4v) is 3.31. The highest BCUT2D eigenvalue weighted by molar-refractivity contribution is 7.80. The van der Waals surface area contributed by atoms with Gasteiger partial charge in [0.25, 0.3) is 0 Å². The third kappa shape index (κ3) is 3.00. The van der Waals surface area contributed by atoms with Crippen LogP contribution in [0.5, 0.6) is 0 Å². The number of anilines is 2. The monoisotopic (exact) mass is 376 g/mol. The maximum atomic E-state index is 13.8. The molecule has 4 rings (SSSR count). The normalized spacial score (nSPS) is 12.2. The molecule has 0 bridgehead atoms. The topological polar surface area (TPSA) is 58.2 Å². The Hall–Kier alpha value is -3.38. The number of nitrogens with one attached hydrogen (secondary N) is 2. The van der Waals surface area contributed by atoms with Gasteiger partial charge in [0, 0.05) is 16.7 Å². The van der Waals surface area contributed by atoms with Gasteiger partial charge in [-0.1, -0.05) is 48.5 Å². The summed E-state index contributed by atoms with van der Waals surface area (Å²) in [7, 11) is 0. The lowest BCUT2D eigenvalue weighted by Gasteiger charge is -2.21. The van der Waals surface area contributed by atoms with Crippen LogP contribution in [-0.2, 0) is 0 Å². The van der Waals surface area contributed by atoms with E-state index in [0.29, 0.717) is 22.4 Å². The molecule has 1 aliphatic carbocycles. The van der Waals surface area contributed by atoms with E-state index < -0.39 is 5.82 Å². The van der Waals surface area contributed by atoms with E-state index in [0.717, 1.165) is 0 Å². The standard InChI is InChI=1S/C21H13FN2O2S/c22-15-9-3-4-10-16(15)23-21(27)24-17-11-5-8-14-18(17)20(26)13-7-2-1-6-12(13)19(14)25/h1-11H,(H2,23,24,27). The minimum atomic E-state index is -0.447. The van der Waals surface area contributed by atoms with Gasteiger partial charge >= 0.3 is 0 Å². The number of benzene rings is 3. The molecule has 0 heterocycles. The summed E-state index contributed by atoms with van der Waals surface area (Å²) in [5.41, 5.74) is 1.94. The molecule has 0 aromatic heterocycles. The second-order valence-corrected chi connectivity index (χ2v) is 6.40. The lowest BCUT2D eigenvalue weighted by atomic mass is 9.83. The van der Waals surface area contributed by atoms with Crippen molar-refractivity contribution in [3.63, 3.8) is 0 Å². The first-order valence-corrected chi connectivity index (χ1v) is 8.61. The van der Waals surface area contributed by atoms with E-state index in [-0.39, 0.29) is 27.9 Å².